The van der Waals surface area contributed by atoms with Gasteiger partial charge in [-0.05, 0) is 40.5 Å². The SMILES string of the molecule is CCCCC(C(=O)OC)C(=O)c1ccc(Cl)c(Br)c1. The third-order valence-electron chi connectivity index (χ3n) is 2.85. The van der Waals surface area contributed by atoms with Crippen molar-refractivity contribution in [3.05, 3.63) is 33.3 Å². The molecule has 1 atom stereocenters. The summed E-state index contributed by atoms with van der Waals surface area (Å²) in [7, 11) is 1.30. The number of hydrogen-bond donors (Lipinski definition) is 0. The Bertz CT molecular complexity index is 474. The maximum absolute atomic E-state index is 12.3. The molecule has 0 saturated heterocycles. The molecule has 0 radical (unpaired) electrons. The number of benzene rings is 1. The fourth-order valence-electron chi connectivity index (χ4n) is 1.76. The molecule has 3 nitrogen and oxygen atoms in total. The van der Waals surface area contributed by atoms with Crippen molar-refractivity contribution in [3.63, 3.8) is 0 Å². The Balaban J connectivity index is 2.97. The fraction of sp³-hybridized carbons (Fsp3) is 0.429. The van der Waals surface area contributed by atoms with Crippen LogP contribution in [0.3, 0.4) is 0 Å². The van der Waals surface area contributed by atoms with Crippen LogP contribution in [0.15, 0.2) is 22.7 Å². The van der Waals surface area contributed by atoms with Crippen molar-refractivity contribution < 1.29 is 14.3 Å². The molecule has 0 aliphatic rings. The second kappa shape index (κ2) is 7.65. The van der Waals surface area contributed by atoms with Crippen LogP contribution >= 0.6 is 27.5 Å². The van der Waals surface area contributed by atoms with Crippen LogP contribution in [0.2, 0.25) is 5.02 Å². The number of ketones is 1. The van der Waals surface area contributed by atoms with Gasteiger partial charge in [-0.25, -0.2) is 0 Å². The van der Waals surface area contributed by atoms with Crippen LogP contribution in [0, 0.1) is 5.92 Å². The van der Waals surface area contributed by atoms with Gasteiger partial charge in [-0.2, -0.15) is 0 Å². The van der Waals surface area contributed by atoms with Crippen LogP contribution < -0.4 is 0 Å². The van der Waals surface area contributed by atoms with Crippen molar-refractivity contribution in [3.8, 4) is 0 Å². The molecule has 0 bridgehead atoms. The van der Waals surface area contributed by atoms with Crippen LogP contribution in [0.1, 0.15) is 36.5 Å². The molecule has 19 heavy (non-hydrogen) atoms. The summed E-state index contributed by atoms with van der Waals surface area (Å²) in [5.74, 6) is -1.44. The Labute approximate surface area is 126 Å². The number of halogens is 2. The third kappa shape index (κ3) is 4.32. The summed E-state index contributed by atoms with van der Waals surface area (Å²) in [5.41, 5.74) is 0.461. The van der Waals surface area contributed by atoms with Crippen molar-refractivity contribution in [2.24, 2.45) is 5.92 Å². The lowest BCUT2D eigenvalue weighted by atomic mass is 9.93. The Morgan fingerprint density at radius 2 is 2.11 bits per heavy atom. The van der Waals surface area contributed by atoms with Gasteiger partial charge in [-0.1, -0.05) is 31.4 Å². The molecule has 1 aromatic rings. The molecule has 0 aliphatic carbocycles. The average Bonchev–Trinajstić information content (AvgIpc) is 2.41. The van der Waals surface area contributed by atoms with Crippen molar-refractivity contribution in [1.29, 1.82) is 0 Å². The number of ether oxygens (including phenoxy) is 1. The first-order valence-electron chi connectivity index (χ1n) is 6.08. The van der Waals surface area contributed by atoms with E-state index < -0.39 is 11.9 Å². The minimum Gasteiger partial charge on any atom is -0.468 e. The number of esters is 1. The first-order chi connectivity index (χ1) is 9.01. The molecule has 0 heterocycles. The van der Waals surface area contributed by atoms with Gasteiger partial charge in [0.1, 0.15) is 5.92 Å². The molecule has 104 valence electrons. The van der Waals surface area contributed by atoms with Gasteiger partial charge in [0.05, 0.1) is 12.1 Å². The van der Waals surface area contributed by atoms with E-state index in [4.69, 9.17) is 16.3 Å². The van der Waals surface area contributed by atoms with E-state index in [0.717, 1.165) is 12.8 Å². The highest BCUT2D eigenvalue weighted by Gasteiger charge is 2.28. The quantitative estimate of drug-likeness (QED) is 0.438. The van der Waals surface area contributed by atoms with Crippen LogP contribution in [-0.4, -0.2) is 18.9 Å². The van der Waals surface area contributed by atoms with Gasteiger partial charge >= 0.3 is 5.97 Å². The van der Waals surface area contributed by atoms with Crippen LogP contribution in [0.25, 0.3) is 0 Å². The van der Waals surface area contributed by atoms with E-state index in [0.29, 0.717) is 21.5 Å². The van der Waals surface area contributed by atoms with Gasteiger partial charge in [0.15, 0.2) is 5.78 Å². The zero-order valence-electron chi connectivity index (χ0n) is 10.9. The summed E-state index contributed by atoms with van der Waals surface area (Å²) in [6.45, 7) is 2.01. The molecular formula is C14H16BrClO3. The molecule has 1 aromatic carbocycles. The highest BCUT2D eigenvalue weighted by molar-refractivity contribution is 9.10. The summed E-state index contributed by atoms with van der Waals surface area (Å²) in [6.07, 6.45) is 2.23. The van der Waals surface area contributed by atoms with E-state index in [-0.39, 0.29) is 5.78 Å². The zero-order chi connectivity index (χ0) is 14.4. The summed E-state index contributed by atoms with van der Waals surface area (Å²) in [5, 5.41) is 0.528. The number of carbonyl (C=O) groups is 2. The van der Waals surface area contributed by atoms with Crippen LogP contribution in [0.5, 0.6) is 0 Å². The predicted octanol–water partition coefficient (Wildman–Crippen LogP) is 4.26. The highest BCUT2D eigenvalue weighted by Crippen LogP contribution is 2.25. The lowest BCUT2D eigenvalue weighted by molar-refractivity contribution is -0.143. The molecule has 0 N–H and O–H groups in total. The minimum atomic E-state index is -0.738. The number of Topliss-reactive ketones (excluding diaryl/α,β-unsaturated/α-hetero) is 1. The molecule has 0 fully saturated rings. The van der Waals surface area contributed by atoms with Gasteiger partial charge in [0.2, 0.25) is 0 Å². The molecule has 0 amide bonds. The third-order valence-corrected chi connectivity index (χ3v) is 4.07. The van der Waals surface area contributed by atoms with E-state index in [1.54, 1.807) is 18.2 Å². The first kappa shape index (κ1) is 16.2. The lowest BCUT2D eigenvalue weighted by Gasteiger charge is -2.13. The molecule has 1 rings (SSSR count). The Kier molecular flexibility index (Phi) is 6.52. The summed E-state index contributed by atoms with van der Waals surface area (Å²) >= 11 is 9.16. The van der Waals surface area contributed by atoms with Crippen LogP contribution in [0.4, 0.5) is 0 Å². The van der Waals surface area contributed by atoms with E-state index in [9.17, 15) is 9.59 Å². The average molecular weight is 348 g/mol. The number of hydrogen-bond acceptors (Lipinski definition) is 3. The van der Waals surface area contributed by atoms with Gasteiger partial charge in [-0.3, -0.25) is 9.59 Å². The van der Waals surface area contributed by atoms with Crippen molar-refractivity contribution in [2.45, 2.75) is 26.2 Å². The van der Waals surface area contributed by atoms with Crippen LogP contribution in [-0.2, 0) is 9.53 Å². The second-order valence-electron chi connectivity index (χ2n) is 4.21. The van der Waals surface area contributed by atoms with Crippen molar-refractivity contribution in [1.82, 2.24) is 0 Å². The number of methoxy groups -OCH3 is 1. The number of unbranched alkanes of at least 4 members (excludes halogenated alkanes) is 1. The molecule has 0 saturated carbocycles. The molecule has 1 unspecified atom stereocenters. The van der Waals surface area contributed by atoms with Crippen molar-refractivity contribution >= 4 is 39.3 Å². The predicted molar refractivity (Wildman–Crippen MR) is 78.5 cm³/mol. The van der Waals surface area contributed by atoms with E-state index in [2.05, 4.69) is 15.9 Å². The molecule has 0 aliphatic heterocycles. The van der Waals surface area contributed by atoms with E-state index in [1.165, 1.54) is 7.11 Å². The van der Waals surface area contributed by atoms with Crippen molar-refractivity contribution in [2.75, 3.05) is 7.11 Å². The normalized spacial score (nSPS) is 12.0. The molecule has 0 aromatic heterocycles. The first-order valence-corrected chi connectivity index (χ1v) is 7.25. The lowest BCUT2D eigenvalue weighted by Crippen LogP contribution is -2.25. The minimum absolute atomic E-state index is 0.224. The second-order valence-corrected chi connectivity index (χ2v) is 5.47. The number of rotatable bonds is 6. The maximum atomic E-state index is 12.3. The maximum Gasteiger partial charge on any atom is 0.316 e. The largest absolute Gasteiger partial charge is 0.468 e. The van der Waals surface area contributed by atoms with E-state index >= 15 is 0 Å². The summed E-state index contributed by atoms with van der Waals surface area (Å²) in [6, 6.07) is 4.89. The number of carbonyl (C=O) groups excluding carboxylic acids is 2. The standard InChI is InChI=1S/C14H16BrClO3/c1-3-4-5-10(14(18)19-2)13(17)9-6-7-12(16)11(15)8-9/h6-8,10H,3-5H2,1-2H3. The van der Waals surface area contributed by atoms with Gasteiger partial charge < -0.3 is 4.74 Å². The monoisotopic (exact) mass is 346 g/mol. The Morgan fingerprint density at radius 3 is 2.63 bits per heavy atom. The fourth-order valence-corrected chi connectivity index (χ4v) is 2.25. The molecule has 5 heteroatoms. The Hall–Kier alpha value is -0.870. The van der Waals surface area contributed by atoms with Gasteiger partial charge in [0.25, 0.3) is 0 Å². The topological polar surface area (TPSA) is 43.4 Å². The van der Waals surface area contributed by atoms with E-state index in [1.807, 2.05) is 6.92 Å². The zero-order valence-corrected chi connectivity index (χ0v) is 13.3. The summed E-state index contributed by atoms with van der Waals surface area (Å²) < 4.78 is 5.35. The highest BCUT2D eigenvalue weighted by atomic mass is 79.9. The molecule has 0 spiro atoms. The molecular weight excluding hydrogens is 332 g/mol. The van der Waals surface area contributed by atoms with Gasteiger partial charge in [0, 0.05) is 10.0 Å². The smallest absolute Gasteiger partial charge is 0.316 e. The Morgan fingerprint density at radius 1 is 1.42 bits per heavy atom. The van der Waals surface area contributed by atoms with Gasteiger partial charge in [-0.15, -0.1) is 0 Å². The summed E-state index contributed by atoms with van der Waals surface area (Å²) in [4.78, 5) is 24.1.